The van der Waals surface area contributed by atoms with Gasteiger partial charge in [0.25, 0.3) is 0 Å². The number of aryl methyl sites for hydroxylation is 1. The quantitative estimate of drug-likeness (QED) is 0.363. The molecule has 6 heteroatoms. The summed E-state index contributed by atoms with van der Waals surface area (Å²) < 4.78 is 5.49. The Morgan fingerprint density at radius 1 is 1.13 bits per heavy atom. The van der Waals surface area contributed by atoms with Gasteiger partial charge in [0.05, 0.1) is 0 Å². The van der Waals surface area contributed by atoms with E-state index < -0.39 is 5.60 Å². The van der Waals surface area contributed by atoms with E-state index in [4.69, 9.17) is 16.3 Å². The average Bonchev–Trinajstić information content (AvgIpc) is 3.20. The molecule has 2 aromatic rings. The number of hydrogen-bond donors (Lipinski definition) is 1. The van der Waals surface area contributed by atoms with Crippen LogP contribution in [-0.4, -0.2) is 41.0 Å². The van der Waals surface area contributed by atoms with Gasteiger partial charge in [-0.3, -0.25) is 4.79 Å². The highest BCUT2D eigenvalue weighted by Gasteiger charge is 2.34. The molecule has 1 aromatic carbocycles. The van der Waals surface area contributed by atoms with Gasteiger partial charge in [0, 0.05) is 53.5 Å². The monoisotopic (exact) mass is 542 g/mol. The van der Waals surface area contributed by atoms with Gasteiger partial charge in [0.15, 0.2) is 0 Å². The van der Waals surface area contributed by atoms with Gasteiger partial charge in [-0.2, -0.15) is 0 Å². The highest BCUT2D eigenvalue weighted by molar-refractivity contribution is 6.31. The van der Waals surface area contributed by atoms with Crippen molar-refractivity contribution in [3.8, 4) is 0 Å². The molecular formula is C32H47ClN2O3. The molecule has 1 heterocycles. The molecule has 0 radical (unpaired) electrons. The van der Waals surface area contributed by atoms with Crippen LogP contribution >= 0.6 is 11.6 Å². The molecule has 2 aliphatic carbocycles. The van der Waals surface area contributed by atoms with Crippen molar-refractivity contribution in [3.63, 3.8) is 0 Å². The lowest BCUT2D eigenvalue weighted by atomic mass is 9.71. The summed E-state index contributed by atoms with van der Waals surface area (Å²) in [6.45, 7) is 11.0. The van der Waals surface area contributed by atoms with Gasteiger partial charge in [-0.1, -0.05) is 25.4 Å². The number of carbonyl (C=O) groups excluding carboxylic acids is 2. The van der Waals surface area contributed by atoms with Gasteiger partial charge in [-0.15, -0.1) is 0 Å². The van der Waals surface area contributed by atoms with Crippen LogP contribution in [0.25, 0.3) is 10.9 Å². The summed E-state index contributed by atoms with van der Waals surface area (Å²) in [6.07, 6.45) is 8.63. The fourth-order valence-corrected chi connectivity index (χ4v) is 6.93. The summed E-state index contributed by atoms with van der Waals surface area (Å²) in [4.78, 5) is 31.0. The van der Waals surface area contributed by atoms with Crippen molar-refractivity contribution in [1.82, 2.24) is 9.88 Å². The number of H-pyrrole nitrogens is 1. The number of nitrogens with one attached hydrogen (secondary N) is 1. The lowest BCUT2D eigenvalue weighted by molar-refractivity contribution is -0.124. The summed E-state index contributed by atoms with van der Waals surface area (Å²) in [6, 6.07) is 6.16. The second kappa shape index (κ2) is 12.0. The minimum absolute atomic E-state index is 0.177. The number of nitrogens with zero attached hydrogens (tertiary/aromatic N) is 1. The molecule has 0 saturated heterocycles. The fourth-order valence-electron chi connectivity index (χ4n) is 6.76. The molecule has 1 fully saturated rings. The van der Waals surface area contributed by atoms with E-state index in [1.807, 2.05) is 33.9 Å². The van der Waals surface area contributed by atoms with Gasteiger partial charge in [-0.25, -0.2) is 4.79 Å². The predicted molar refractivity (Wildman–Crippen MR) is 156 cm³/mol. The highest BCUT2D eigenvalue weighted by atomic mass is 35.5. The third kappa shape index (κ3) is 7.14. The molecule has 1 N–H and O–H groups in total. The van der Waals surface area contributed by atoms with E-state index in [-0.39, 0.29) is 12.0 Å². The van der Waals surface area contributed by atoms with Crippen molar-refractivity contribution in [3.05, 3.63) is 34.5 Å². The number of benzene rings is 1. The Bertz CT molecular complexity index is 1120. The van der Waals surface area contributed by atoms with E-state index in [0.29, 0.717) is 42.4 Å². The number of fused-ring (bicyclic) bond motifs is 3. The Hall–Kier alpha value is -2.01. The number of rotatable bonds is 8. The maximum atomic E-state index is 13.3. The molecule has 0 aliphatic heterocycles. The molecule has 1 saturated carbocycles. The molecule has 5 nitrogen and oxygen atoms in total. The number of ether oxygens (including phenoxy) is 1. The van der Waals surface area contributed by atoms with Crippen LogP contribution in [0.15, 0.2) is 18.2 Å². The van der Waals surface area contributed by atoms with Crippen LogP contribution in [0.4, 0.5) is 4.79 Å². The number of carbonyl (C=O) groups is 2. The summed E-state index contributed by atoms with van der Waals surface area (Å²) in [5.74, 6) is 2.68. The zero-order chi connectivity index (χ0) is 27.6. The van der Waals surface area contributed by atoms with Crippen molar-refractivity contribution < 1.29 is 14.3 Å². The molecule has 2 atom stereocenters. The number of amides is 1. The molecule has 4 rings (SSSR count). The molecule has 1 aromatic heterocycles. The number of ketones is 1. The predicted octanol–water partition coefficient (Wildman–Crippen LogP) is 8.54. The van der Waals surface area contributed by atoms with E-state index in [1.54, 1.807) is 4.90 Å². The van der Waals surface area contributed by atoms with Crippen LogP contribution < -0.4 is 0 Å². The van der Waals surface area contributed by atoms with Gasteiger partial charge in [-0.05, 0) is 114 Å². The van der Waals surface area contributed by atoms with Crippen molar-refractivity contribution in [2.24, 2.45) is 23.7 Å². The topological polar surface area (TPSA) is 62.4 Å². The average molecular weight is 543 g/mol. The Balaban J connectivity index is 1.31. The maximum Gasteiger partial charge on any atom is 0.410 e. The molecule has 210 valence electrons. The van der Waals surface area contributed by atoms with E-state index in [2.05, 4.69) is 31.0 Å². The van der Waals surface area contributed by atoms with Gasteiger partial charge in [0.1, 0.15) is 11.4 Å². The van der Waals surface area contributed by atoms with Crippen molar-refractivity contribution >= 4 is 34.4 Å². The van der Waals surface area contributed by atoms with E-state index in [9.17, 15) is 9.59 Å². The number of aromatic nitrogens is 1. The minimum atomic E-state index is -0.481. The first-order chi connectivity index (χ1) is 17.9. The van der Waals surface area contributed by atoms with Crippen LogP contribution in [-0.2, 0) is 16.0 Å². The second-order valence-electron chi connectivity index (χ2n) is 13.3. The van der Waals surface area contributed by atoms with Crippen LogP contribution in [0, 0.1) is 23.7 Å². The summed E-state index contributed by atoms with van der Waals surface area (Å²) in [5.41, 5.74) is 3.52. The van der Waals surface area contributed by atoms with Gasteiger partial charge < -0.3 is 14.6 Å². The summed E-state index contributed by atoms with van der Waals surface area (Å²) in [7, 11) is 1.82. The highest BCUT2D eigenvalue weighted by Crippen LogP contribution is 2.45. The van der Waals surface area contributed by atoms with Crippen LogP contribution in [0.3, 0.4) is 0 Å². The van der Waals surface area contributed by atoms with Gasteiger partial charge in [0.2, 0.25) is 0 Å². The number of Topliss-reactive ketones (excluding diaryl/α,β-unsaturated/α-hetero) is 1. The van der Waals surface area contributed by atoms with E-state index in [0.717, 1.165) is 56.4 Å². The first kappa shape index (κ1) is 29.0. The third-order valence-corrected chi connectivity index (χ3v) is 8.87. The Morgan fingerprint density at radius 3 is 2.50 bits per heavy atom. The molecule has 2 unspecified atom stereocenters. The number of aromatic amines is 1. The maximum absolute atomic E-state index is 13.3. The van der Waals surface area contributed by atoms with Gasteiger partial charge >= 0.3 is 6.09 Å². The van der Waals surface area contributed by atoms with Crippen LogP contribution in [0.2, 0.25) is 5.02 Å². The standard InChI is InChI=1S/C32H47ClN2O3/c1-20(2)17-26-22(11-14-25-27-18-24(33)13-15-28(27)34-30(25)26)12-16-29(36)23-9-7-21(8-10-23)19-35(6)31(37)38-32(3,4)5/h13,15,18,20-23,26,34H,7-12,14,16-17,19H2,1-6H3. The SMILES string of the molecule is CC(C)CC1c2[nH]c3ccc(Cl)cc3c2CCC1CCC(=O)C1CCC(CN(C)C(=O)OC(C)(C)C)CC1. The van der Waals surface area contributed by atoms with Crippen molar-refractivity contribution in [2.75, 3.05) is 13.6 Å². The molecule has 38 heavy (non-hydrogen) atoms. The summed E-state index contributed by atoms with van der Waals surface area (Å²) >= 11 is 6.32. The van der Waals surface area contributed by atoms with Crippen molar-refractivity contribution in [2.45, 2.75) is 104 Å². The van der Waals surface area contributed by atoms with E-state index >= 15 is 0 Å². The smallest absolute Gasteiger partial charge is 0.410 e. The summed E-state index contributed by atoms with van der Waals surface area (Å²) in [5, 5.41) is 2.06. The lowest BCUT2D eigenvalue weighted by Crippen LogP contribution is -2.38. The zero-order valence-electron chi connectivity index (χ0n) is 24.2. The first-order valence-electron chi connectivity index (χ1n) is 14.7. The Labute approximate surface area is 234 Å². The van der Waals surface area contributed by atoms with Crippen LogP contribution in [0.5, 0.6) is 0 Å². The molecule has 0 bridgehead atoms. The third-order valence-electron chi connectivity index (χ3n) is 8.63. The van der Waals surface area contributed by atoms with Crippen LogP contribution in [0.1, 0.15) is 103 Å². The first-order valence-corrected chi connectivity index (χ1v) is 15.1. The molecule has 2 aliphatic rings. The largest absolute Gasteiger partial charge is 0.444 e. The minimum Gasteiger partial charge on any atom is -0.444 e. The lowest BCUT2D eigenvalue weighted by Gasteiger charge is -2.34. The molecule has 0 spiro atoms. The number of hydrogen-bond acceptors (Lipinski definition) is 3. The molecular weight excluding hydrogens is 496 g/mol. The Morgan fingerprint density at radius 2 is 1.84 bits per heavy atom. The zero-order valence-corrected chi connectivity index (χ0v) is 25.0. The number of halogens is 1. The fraction of sp³-hybridized carbons (Fsp3) is 0.688. The normalized spacial score (nSPS) is 23.9. The van der Waals surface area contributed by atoms with E-state index in [1.165, 1.54) is 22.2 Å². The second-order valence-corrected chi connectivity index (χ2v) is 13.8. The Kier molecular flexibility index (Phi) is 9.17. The van der Waals surface area contributed by atoms with Crippen molar-refractivity contribution in [1.29, 1.82) is 0 Å². The molecule has 1 amide bonds.